The number of allylic oxidation sites excluding steroid dienone is 2. The lowest BCUT2D eigenvalue weighted by Gasteiger charge is -1.91. The van der Waals surface area contributed by atoms with Crippen LogP contribution < -0.4 is 0 Å². The molecule has 0 radical (unpaired) electrons. The number of hydrogen-bond acceptors (Lipinski definition) is 0. The molecule has 1 rings (SSSR count). The summed E-state index contributed by atoms with van der Waals surface area (Å²) in [6, 6.07) is 2.06. The van der Waals surface area contributed by atoms with E-state index < -0.39 is 0 Å². The monoisotopic (exact) mass is 147 g/mol. The van der Waals surface area contributed by atoms with Crippen molar-refractivity contribution in [3.63, 3.8) is 0 Å². The Kier molecular flexibility index (Phi) is 2.32. The number of aromatic amines is 1. The van der Waals surface area contributed by atoms with Crippen LogP contribution in [0.1, 0.15) is 18.2 Å². The summed E-state index contributed by atoms with van der Waals surface area (Å²) in [5.74, 6) is 0. The van der Waals surface area contributed by atoms with Crippen LogP contribution in [0.2, 0.25) is 0 Å². The van der Waals surface area contributed by atoms with Gasteiger partial charge in [0, 0.05) is 11.9 Å². The Labute approximate surface area is 67.5 Å². The summed E-state index contributed by atoms with van der Waals surface area (Å²) >= 11 is 0. The molecule has 0 aliphatic heterocycles. The largest absolute Gasteiger partial charge is 0.365 e. The van der Waals surface area contributed by atoms with Gasteiger partial charge in [-0.2, -0.15) is 0 Å². The Morgan fingerprint density at radius 1 is 1.64 bits per heavy atom. The van der Waals surface area contributed by atoms with E-state index in [1.54, 1.807) is 0 Å². The molecule has 0 aromatic carbocycles. The molecule has 1 aromatic heterocycles. The highest BCUT2D eigenvalue weighted by molar-refractivity contribution is 5.56. The first-order chi connectivity index (χ1) is 5.24. The molecular weight excluding hydrogens is 134 g/mol. The van der Waals surface area contributed by atoms with Gasteiger partial charge in [-0.1, -0.05) is 24.3 Å². The minimum Gasteiger partial charge on any atom is -0.365 e. The maximum atomic E-state index is 3.69. The Bertz CT molecular complexity index is 279. The minimum atomic E-state index is 1.19. The fourth-order valence-electron chi connectivity index (χ4n) is 0.925. The second-order valence-electron chi connectivity index (χ2n) is 2.65. The molecule has 0 spiro atoms. The molecule has 1 heteroatoms. The summed E-state index contributed by atoms with van der Waals surface area (Å²) in [5, 5.41) is 0. The van der Waals surface area contributed by atoms with E-state index in [1.807, 2.05) is 19.2 Å². The van der Waals surface area contributed by atoms with Gasteiger partial charge >= 0.3 is 0 Å². The zero-order valence-electron chi connectivity index (χ0n) is 7.02. The lowest BCUT2D eigenvalue weighted by atomic mass is 10.2. The Morgan fingerprint density at radius 3 is 2.82 bits per heavy atom. The first-order valence-corrected chi connectivity index (χ1v) is 3.68. The SMILES string of the molecule is C=C/C(C)=C\c1cc[nH]c1C. The van der Waals surface area contributed by atoms with Crippen LogP contribution in [-0.2, 0) is 0 Å². The molecule has 1 N–H and O–H groups in total. The predicted octanol–water partition coefficient (Wildman–Crippen LogP) is 2.91. The average molecular weight is 147 g/mol. The van der Waals surface area contributed by atoms with Crippen LogP contribution >= 0.6 is 0 Å². The molecule has 1 aromatic rings. The van der Waals surface area contributed by atoms with Crippen LogP contribution in [0.4, 0.5) is 0 Å². The molecule has 0 aliphatic rings. The molecule has 11 heavy (non-hydrogen) atoms. The van der Waals surface area contributed by atoms with Crippen molar-refractivity contribution in [2.45, 2.75) is 13.8 Å². The van der Waals surface area contributed by atoms with E-state index in [2.05, 4.69) is 30.6 Å². The summed E-state index contributed by atoms with van der Waals surface area (Å²) in [5.41, 5.74) is 3.63. The average Bonchev–Trinajstić information content (AvgIpc) is 2.37. The van der Waals surface area contributed by atoms with Crippen LogP contribution in [0.15, 0.2) is 30.5 Å². The lowest BCUT2D eigenvalue weighted by Crippen LogP contribution is -1.74. The van der Waals surface area contributed by atoms with E-state index in [4.69, 9.17) is 0 Å². The van der Waals surface area contributed by atoms with Crippen LogP contribution in [0, 0.1) is 6.92 Å². The highest BCUT2D eigenvalue weighted by Gasteiger charge is 1.92. The van der Waals surface area contributed by atoms with E-state index in [0.29, 0.717) is 0 Å². The molecule has 0 amide bonds. The van der Waals surface area contributed by atoms with E-state index in [1.165, 1.54) is 16.8 Å². The molecular formula is C10H13N. The number of aryl methyl sites for hydroxylation is 1. The van der Waals surface area contributed by atoms with E-state index in [0.717, 1.165) is 0 Å². The summed E-state index contributed by atoms with van der Waals surface area (Å²) < 4.78 is 0. The standard InChI is InChI=1S/C10H13N/c1-4-8(2)7-10-5-6-11-9(10)3/h4-7,11H,1H2,2-3H3/b8-7-. The second kappa shape index (κ2) is 3.24. The number of H-pyrrole nitrogens is 1. The van der Waals surface area contributed by atoms with Gasteiger partial charge < -0.3 is 4.98 Å². The molecule has 1 nitrogen and oxygen atoms in total. The van der Waals surface area contributed by atoms with Gasteiger partial charge in [0.25, 0.3) is 0 Å². The third-order valence-corrected chi connectivity index (χ3v) is 1.70. The molecule has 0 saturated heterocycles. The van der Waals surface area contributed by atoms with Crippen molar-refractivity contribution < 1.29 is 0 Å². The van der Waals surface area contributed by atoms with Crippen molar-refractivity contribution in [2.75, 3.05) is 0 Å². The topological polar surface area (TPSA) is 15.8 Å². The van der Waals surface area contributed by atoms with Crippen LogP contribution in [0.25, 0.3) is 6.08 Å². The third kappa shape index (κ3) is 1.84. The van der Waals surface area contributed by atoms with Crippen LogP contribution in [0.5, 0.6) is 0 Å². The van der Waals surface area contributed by atoms with Crippen molar-refractivity contribution in [1.82, 2.24) is 4.98 Å². The normalized spacial score (nSPS) is 11.6. The highest BCUT2D eigenvalue weighted by Crippen LogP contribution is 2.10. The zero-order valence-corrected chi connectivity index (χ0v) is 7.02. The molecule has 0 atom stereocenters. The van der Waals surface area contributed by atoms with Crippen LogP contribution in [-0.4, -0.2) is 4.98 Å². The van der Waals surface area contributed by atoms with Gasteiger partial charge in [-0.15, -0.1) is 0 Å². The highest BCUT2D eigenvalue weighted by atomic mass is 14.7. The minimum absolute atomic E-state index is 1.19. The summed E-state index contributed by atoms with van der Waals surface area (Å²) in [7, 11) is 0. The van der Waals surface area contributed by atoms with Gasteiger partial charge in [0.2, 0.25) is 0 Å². The maximum absolute atomic E-state index is 3.69. The second-order valence-corrected chi connectivity index (χ2v) is 2.65. The van der Waals surface area contributed by atoms with E-state index in [-0.39, 0.29) is 0 Å². The van der Waals surface area contributed by atoms with Crippen molar-refractivity contribution in [3.05, 3.63) is 41.7 Å². The molecule has 1 heterocycles. The van der Waals surface area contributed by atoms with Crippen molar-refractivity contribution in [1.29, 1.82) is 0 Å². The quantitative estimate of drug-likeness (QED) is 0.619. The number of hydrogen-bond donors (Lipinski definition) is 1. The summed E-state index contributed by atoms with van der Waals surface area (Å²) in [4.78, 5) is 3.12. The fourth-order valence-corrected chi connectivity index (χ4v) is 0.925. The van der Waals surface area contributed by atoms with Gasteiger partial charge in [-0.25, -0.2) is 0 Å². The predicted molar refractivity (Wildman–Crippen MR) is 49.4 cm³/mol. The molecule has 0 aliphatic carbocycles. The van der Waals surface area contributed by atoms with Crippen molar-refractivity contribution >= 4 is 6.08 Å². The Hall–Kier alpha value is -1.24. The Balaban J connectivity index is 2.94. The van der Waals surface area contributed by atoms with Gasteiger partial charge in [0.05, 0.1) is 0 Å². The van der Waals surface area contributed by atoms with Gasteiger partial charge in [0.15, 0.2) is 0 Å². The molecule has 58 valence electrons. The van der Waals surface area contributed by atoms with E-state index in [9.17, 15) is 0 Å². The summed E-state index contributed by atoms with van der Waals surface area (Å²) in [6.07, 6.45) is 5.91. The molecule has 0 fully saturated rings. The van der Waals surface area contributed by atoms with Crippen LogP contribution in [0.3, 0.4) is 0 Å². The van der Waals surface area contributed by atoms with Crippen molar-refractivity contribution in [3.8, 4) is 0 Å². The third-order valence-electron chi connectivity index (χ3n) is 1.70. The first kappa shape index (κ1) is 7.86. The fraction of sp³-hybridized carbons (Fsp3) is 0.200. The van der Waals surface area contributed by atoms with Gasteiger partial charge in [-0.3, -0.25) is 0 Å². The smallest absolute Gasteiger partial charge is 0.0189 e. The number of aromatic nitrogens is 1. The van der Waals surface area contributed by atoms with E-state index >= 15 is 0 Å². The van der Waals surface area contributed by atoms with Crippen molar-refractivity contribution in [2.24, 2.45) is 0 Å². The van der Waals surface area contributed by atoms with Gasteiger partial charge in [0.1, 0.15) is 0 Å². The number of nitrogens with one attached hydrogen (secondary N) is 1. The maximum Gasteiger partial charge on any atom is 0.0189 e. The first-order valence-electron chi connectivity index (χ1n) is 3.68. The van der Waals surface area contributed by atoms with Gasteiger partial charge in [-0.05, 0) is 25.5 Å². The zero-order chi connectivity index (χ0) is 8.27. The molecule has 0 bridgehead atoms. The summed E-state index contributed by atoms with van der Waals surface area (Å²) in [6.45, 7) is 7.79. The Morgan fingerprint density at radius 2 is 2.36 bits per heavy atom. The molecule has 0 saturated carbocycles. The number of rotatable bonds is 2. The lowest BCUT2D eigenvalue weighted by molar-refractivity contribution is 1.26. The molecule has 0 unspecified atom stereocenters.